The predicted octanol–water partition coefficient (Wildman–Crippen LogP) is 4.30. The second kappa shape index (κ2) is 8.20. The van der Waals surface area contributed by atoms with Crippen LogP contribution in [0, 0.1) is 0 Å². The Labute approximate surface area is 139 Å². The van der Waals surface area contributed by atoms with Gasteiger partial charge in [0.25, 0.3) is 0 Å². The molecular weight excluding hydrogens is 336 g/mol. The summed E-state index contributed by atoms with van der Waals surface area (Å²) in [7, 11) is 0. The Kier molecular flexibility index (Phi) is 7.19. The summed E-state index contributed by atoms with van der Waals surface area (Å²) in [5.74, 6) is 0. The van der Waals surface area contributed by atoms with Crippen molar-refractivity contribution in [1.82, 2.24) is 10.2 Å². The molecule has 0 aliphatic carbocycles. The van der Waals surface area contributed by atoms with Crippen molar-refractivity contribution in [3.8, 4) is 0 Å². The number of rotatable bonds is 4. The van der Waals surface area contributed by atoms with Crippen molar-refractivity contribution in [2.75, 3.05) is 26.2 Å². The highest BCUT2D eigenvalue weighted by atomic mass is 35.5. The molecular formula is C15H19Cl2F3N2. The molecule has 124 valence electrons. The summed E-state index contributed by atoms with van der Waals surface area (Å²) >= 11 is 5.68. The van der Waals surface area contributed by atoms with Crippen LogP contribution in [0.15, 0.2) is 30.9 Å². The van der Waals surface area contributed by atoms with Crippen molar-refractivity contribution in [3.63, 3.8) is 0 Å². The van der Waals surface area contributed by atoms with Gasteiger partial charge in [-0.3, -0.25) is 4.90 Å². The molecule has 1 aromatic carbocycles. The van der Waals surface area contributed by atoms with Crippen LogP contribution in [0.5, 0.6) is 0 Å². The summed E-state index contributed by atoms with van der Waals surface area (Å²) in [6.45, 7) is 7.02. The summed E-state index contributed by atoms with van der Waals surface area (Å²) in [6, 6.07) is 4.08. The minimum Gasteiger partial charge on any atom is -0.314 e. The van der Waals surface area contributed by atoms with E-state index in [2.05, 4.69) is 16.8 Å². The average molecular weight is 355 g/mol. The van der Waals surface area contributed by atoms with E-state index in [9.17, 15) is 13.2 Å². The Morgan fingerprint density at radius 1 is 1.32 bits per heavy atom. The number of hydrogen-bond acceptors (Lipinski definition) is 2. The van der Waals surface area contributed by atoms with Gasteiger partial charge in [-0.2, -0.15) is 13.2 Å². The molecule has 0 saturated carbocycles. The Morgan fingerprint density at radius 3 is 2.50 bits per heavy atom. The monoisotopic (exact) mass is 354 g/mol. The lowest BCUT2D eigenvalue weighted by atomic mass is 9.99. The number of alkyl halides is 3. The number of halogens is 5. The molecule has 0 bridgehead atoms. The summed E-state index contributed by atoms with van der Waals surface area (Å²) in [6.07, 6.45) is -2.08. The summed E-state index contributed by atoms with van der Waals surface area (Å²) in [5.41, 5.74) is -0.139. The molecule has 2 rings (SSSR count). The van der Waals surface area contributed by atoms with Gasteiger partial charge >= 0.3 is 6.18 Å². The third-order valence-corrected chi connectivity index (χ3v) is 3.99. The predicted molar refractivity (Wildman–Crippen MR) is 85.7 cm³/mol. The van der Waals surface area contributed by atoms with E-state index in [-0.39, 0.29) is 23.5 Å². The quantitative estimate of drug-likeness (QED) is 0.810. The zero-order valence-corrected chi connectivity index (χ0v) is 13.6. The van der Waals surface area contributed by atoms with Crippen LogP contribution in [-0.2, 0) is 6.18 Å². The first-order valence-electron chi connectivity index (χ1n) is 6.86. The van der Waals surface area contributed by atoms with Gasteiger partial charge in [-0.05, 0) is 24.1 Å². The largest absolute Gasteiger partial charge is 0.417 e. The number of nitrogens with one attached hydrogen (secondary N) is 1. The molecule has 0 radical (unpaired) electrons. The SMILES string of the molecule is C=CC[C@@H](c1ccc(Cl)c(C(F)(F)F)c1)N1CCNCC1.Cl. The molecule has 1 aliphatic heterocycles. The van der Waals surface area contributed by atoms with E-state index in [0.29, 0.717) is 12.0 Å². The van der Waals surface area contributed by atoms with E-state index >= 15 is 0 Å². The third-order valence-electron chi connectivity index (χ3n) is 3.66. The maximum absolute atomic E-state index is 13.0. The molecule has 1 N–H and O–H groups in total. The zero-order valence-electron chi connectivity index (χ0n) is 12.0. The number of piperazine rings is 1. The molecule has 0 spiro atoms. The second-order valence-electron chi connectivity index (χ2n) is 5.06. The Balaban J connectivity index is 0.00000242. The number of benzene rings is 1. The van der Waals surface area contributed by atoms with E-state index in [1.54, 1.807) is 12.1 Å². The third kappa shape index (κ3) is 4.62. The standard InChI is InChI=1S/C15H18ClF3N2.ClH/c1-2-3-14(21-8-6-20-7-9-21)11-4-5-13(16)12(10-11)15(17,18)19;/h2,4-5,10,14,20H,1,3,6-9H2;1H/t14-;/m0./s1. The minimum atomic E-state index is -4.44. The summed E-state index contributed by atoms with van der Waals surface area (Å²) in [5, 5.41) is 2.98. The molecule has 0 unspecified atom stereocenters. The first-order chi connectivity index (χ1) is 9.93. The molecule has 2 nitrogen and oxygen atoms in total. The van der Waals surface area contributed by atoms with Crippen molar-refractivity contribution in [1.29, 1.82) is 0 Å². The van der Waals surface area contributed by atoms with Crippen LogP contribution in [0.4, 0.5) is 13.2 Å². The number of hydrogen-bond donors (Lipinski definition) is 1. The van der Waals surface area contributed by atoms with Crippen LogP contribution >= 0.6 is 24.0 Å². The molecule has 1 saturated heterocycles. The molecule has 7 heteroatoms. The van der Waals surface area contributed by atoms with Gasteiger partial charge in [0.2, 0.25) is 0 Å². The molecule has 0 aromatic heterocycles. The molecule has 22 heavy (non-hydrogen) atoms. The van der Waals surface area contributed by atoms with Gasteiger partial charge in [-0.1, -0.05) is 23.7 Å². The Bertz CT molecular complexity index is 500. The van der Waals surface area contributed by atoms with Gasteiger partial charge in [-0.25, -0.2) is 0 Å². The Morgan fingerprint density at radius 2 is 1.95 bits per heavy atom. The highest BCUT2D eigenvalue weighted by molar-refractivity contribution is 6.31. The van der Waals surface area contributed by atoms with Crippen LogP contribution in [0.3, 0.4) is 0 Å². The highest BCUT2D eigenvalue weighted by Gasteiger charge is 2.34. The second-order valence-corrected chi connectivity index (χ2v) is 5.47. The normalized spacial score (nSPS) is 17.6. The van der Waals surface area contributed by atoms with Gasteiger partial charge in [0.05, 0.1) is 10.6 Å². The van der Waals surface area contributed by atoms with E-state index in [0.717, 1.165) is 26.2 Å². The minimum absolute atomic E-state index is 0. The molecule has 1 heterocycles. The van der Waals surface area contributed by atoms with Gasteiger partial charge in [-0.15, -0.1) is 19.0 Å². The van der Waals surface area contributed by atoms with Crippen LogP contribution in [0.25, 0.3) is 0 Å². The van der Waals surface area contributed by atoms with Crippen molar-refractivity contribution in [3.05, 3.63) is 47.0 Å². The molecule has 1 aliphatic rings. The van der Waals surface area contributed by atoms with Crippen LogP contribution < -0.4 is 5.32 Å². The zero-order chi connectivity index (χ0) is 15.5. The summed E-state index contributed by atoms with van der Waals surface area (Å²) in [4.78, 5) is 2.18. The fourth-order valence-corrected chi connectivity index (χ4v) is 2.84. The fraction of sp³-hybridized carbons (Fsp3) is 0.467. The topological polar surface area (TPSA) is 15.3 Å². The number of nitrogens with zero attached hydrogens (tertiary/aromatic N) is 1. The molecule has 0 amide bonds. The molecule has 1 atom stereocenters. The maximum atomic E-state index is 13.0. The van der Waals surface area contributed by atoms with E-state index < -0.39 is 11.7 Å². The lowest BCUT2D eigenvalue weighted by molar-refractivity contribution is -0.137. The Hall–Kier alpha value is -0.750. The first-order valence-corrected chi connectivity index (χ1v) is 7.23. The smallest absolute Gasteiger partial charge is 0.314 e. The molecule has 1 fully saturated rings. The van der Waals surface area contributed by atoms with Crippen LogP contribution in [0.1, 0.15) is 23.6 Å². The van der Waals surface area contributed by atoms with Gasteiger partial charge in [0, 0.05) is 32.2 Å². The van der Waals surface area contributed by atoms with E-state index in [4.69, 9.17) is 11.6 Å². The summed E-state index contributed by atoms with van der Waals surface area (Å²) < 4.78 is 39.0. The van der Waals surface area contributed by atoms with Gasteiger partial charge < -0.3 is 5.32 Å². The molecule has 1 aromatic rings. The van der Waals surface area contributed by atoms with Crippen molar-refractivity contribution < 1.29 is 13.2 Å². The van der Waals surface area contributed by atoms with Crippen molar-refractivity contribution in [2.24, 2.45) is 0 Å². The lowest BCUT2D eigenvalue weighted by Crippen LogP contribution is -2.45. The van der Waals surface area contributed by atoms with E-state index in [1.165, 1.54) is 12.1 Å². The van der Waals surface area contributed by atoms with Gasteiger partial charge in [0.15, 0.2) is 0 Å². The van der Waals surface area contributed by atoms with Crippen LogP contribution in [-0.4, -0.2) is 31.1 Å². The highest BCUT2D eigenvalue weighted by Crippen LogP contribution is 2.37. The maximum Gasteiger partial charge on any atom is 0.417 e. The lowest BCUT2D eigenvalue weighted by Gasteiger charge is -2.35. The first kappa shape index (κ1) is 19.3. The van der Waals surface area contributed by atoms with Crippen molar-refractivity contribution in [2.45, 2.75) is 18.6 Å². The van der Waals surface area contributed by atoms with Gasteiger partial charge in [0.1, 0.15) is 0 Å². The average Bonchev–Trinajstić information content (AvgIpc) is 2.45. The fourth-order valence-electron chi connectivity index (χ4n) is 2.62. The van der Waals surface area contributed by atoms with Crippen molar-refractivity contribution >= 4 is 24.0 Å². The van der Waals surface area contributed by atoms with E-state index in [1.807, 2.05) is 0 Å². The van der Waals surface area contributed by atoms with Crippen LogP contribution in [0.2, 0.25) is 5.02 Å².